The molecule has 0 spiro atoms. The average molecular weight is 368 g/mol. The van der Waals surface area contributed by atoms with Crippen LogP contribution in [0.2, 0.25) is 0 Å². The van der Waals surface area contributed by atoms with Crippen molar-refractivity contribution in [3.8, 4) is 0 Å². The van der Waals surface area contributed by atoms with E-state index in [1.807, 2.05) is 19.1 Å². The lowest BCUT2D eigenvalue weighted by Gasteiger charge is -2.33. The number of hydrogen-bond donors (Lipinski definition) is 1. The number of carboxylic acid groups (broad SMARTS) is 1. The Balaban J connectivity index is 1.85. The summed E-state index contributed by atoms with van der Waals surface area (Å²) in [4.78, 5) is 26.1. The third kappa shape index (κ3) is 2.44. The van der Waals surface area contributed by atoms with Crippen molar-refractivity contribution in [3.63, 3.8) is 0 Å². The molecule has 5 nitrogen and oxygen atoms in total. The van der Waals surface area contributed by atoms with Gasteiger partial charge in [-0.15, -0.1) is 0 Å². The van der Waals surface area contributed by atoms with E-state index in [9.17, 15) is 14.7 Å². The number of fused-ring (bicyclic) bond motifs is 1. The lowest BCUT2D eigenvalue weighted by molar-refractivity contribution is -0.157. The van der Waals surface area contributed by atoms with E-state index in [1.54, 1.807) is 11.0 Å². The topological polar surface area (TPSA) is 66.8 Å². The van der Waals surface area contributed by atoms with Crippen LogP contribution in [-0.2, 0) is 9.53 Å². The van der Waals surface area contributed by atoms with Crippen LogP contribution < -0.4 is 0 Å². The van der Waals surface area contributed by atoms with Crippen molar-refractivity contribution < 1.29 is 19.4 Å². The number of halogens is 1. The number of aliphatic carboxylic acids is 1. The second kappa shape index (κ2) is 5.66. The molecule has 2 aliphatic rings. The Labute approximate surface area is 137 Å². The molecule has 1 amide bonds. The molecule has 118 valence electrons. The molecule has 2 aliphatic heterocycles. The van der Waals surface area contributed by atoms with E-state index in [2.05, 4.69) is 15.9 Å². The maximum absolute atomic E-state index is 12.7. The molecular weight excluding hydrogens is 350 g/mol. The first-order valence-electron chi connectivity index (χ1n) is 7.30. The van der Waals surface area contributed by atoms with Crippen LogP contribution >= 0.6 is 15.9 Å². The van der Waals surface area contributed by atoms with Crippen LogP contribution in [0.4, 0.5) is 0 Å². The van der Waals surface area contributed by atoms with Gasteiger partial charge >= 0.3 is 5.97 Å². The Hall–Kier alpha value is -1.40. The maximum atomic E-state index is 12.7. The Morgan fingerprint density at radius 3 is 2.86 bits per heavy atom. The lowest BCUT2D eigenvalue weighted by Crippen LogP contribution is -2.45. The van der Waals surface area contributed by atoms with E-state index < -0.39 is 11.4 Å². The molecule has 22 heavy (non-hydrogen) atoms. The minimum atomic E-state index is -0.849. The second-order valence-electron chi connectivity index (χ2n) is 6.13. The molecular formula is C16H18BrNO4. The monoisotopic (exact) mass is 367 g/mol. The van der Waals surface area contributed by atoms with Crippen molar-refractivity contribution in [2.75, 3.05) is 26.3 Å². The first-order valence-corrected chi connectivity index (χ1v) is 8.10. The van der Waals surface area contributed by atoms with Crippen LogP contribution in [-0.4, -0.2) is 48.2 Å². The largest absolute Gasteiger partial charge is 0.481 e. The second-order valence-corrected chi connectivity index (χ2v) is 6.99. The number of carbonyl (C=O) groups is 2. The quantitative estimate of drug-likeness (QED) is 0.870. The molecule has 0 radical (unpaired) electrons. The highest BCUT2D eigenvalue weighted by atomic mass is 79.9. The van der Waals surface area contributed by atoms with Crippen LogP contribution in [0.15, 0.2) is 22.7 Å². The molecule has 0 bridgehead atoms. The van der Waals surface area contributed by atoms with Crippen molar-refractivity contribution in [3.05, 3.63) is 33.8 Å². The van der Waals surface area contributed by atoms with Gasteiger partial charge < -0.3 is 14.7 Å². The summed E-state index contributed by atoms with van der Waals surface area (Å²) in [6.45, 7) is 3.50. The highest BCUT2D eigenvalue weighted by molar-refractivity contribution is 9.10. The zero-order valence-corrected chi connectivity index (χ0v) is 13.9. The number of carbonyl (C=O) groups excluding carboxylic acids is 1. The summed E-state index contributed by atoms with van der Waals surface area (Å²) >= 11 is 3.42. The molecule has 1 aromatic rings. The Morgan fingerprint density at radius 2 is 2.23 bits per heavy atom. The smallest absolute Gasteiger partial charge is 0.311 e. The molecule has 6 heteroatoms. The van der Waals surface area contributed by atoms with E-state index >= 15 is 0 Å². The predicted octanol–water partition coefficient (Wildman–Crippen LogP) is 2.32. The minimum absolute atomic E-state index is 0.106. The minimum Gasteiger partial charge on any atom is -0.481 e. The summed E-state index contributed by atoms with van der Waals surface area (Å²) in [5.74, 6) is -1.05. The third-order valence-corrected chi connectivity index (χ3v) is 5.71. The number of ether oxygens (including phenoxy) is 1. The van der Waals surface area contributed by atoms with E-state index in [0.29, 0.717) is 31.7 Å². The van der Waals surface area contributed by atoms with Crippen LogP contribution in [0.3, 0.4) is 0 Å². The number of likely N-dealkylation sites (tertiary alicyclic amines) is 1. The van der Waals surface area contributed by atoms with Crippen molar-refractivity contribution in [1.82, 2.24) is 4.90 Å². The molecule has 0 aliphatic carbocycles. The Morgan fingerprint density at radius 1 is 1.45 bits per heavy atom. The maximum Gasteiger partial charge on any atom is 0.311 e. The Bertz CT molecular complexity index is 633. The molecule has 0 saturated carbocycles. The van der Waals surface area contributed by atoms with Crippen LogP contribution in [0, 0.1) is 18.3 Å². The van der Waals surface area contributed by atoms with Crippen LogP contribution in [0.25, 0.3) is 0 Å². The van der Waals surface area contributed by atoms with Crippen molar-refractivity contribution in [2.45, 2.75) is 13.3 Å². The Kier molecular flexibility index (Phi) is 3.99. The van der Waals surface area contributed by atoms with Gasteiger partial charge in [-0.2, -0.15) is 0 Å². The molecule has 0 unspecified atom stereocenters. The number of amides is 1. The third-order valence-electron chi connectivity index (χ3n) is 4.82. The fraction of sp³-hybridized carbons (Fsp3) is 0.500. The number of benzene rings is 1. The average Bonchev–Trinajstić information content (AvgIpc) is 2.90. The van der Waals surface area contributed by atoms with Crippen molar-refractivity contribution in [1.29, 1.82) is 0 Å². The van der Waals surface area contributed by atoms with Gasteiger partial charge in [0.2, 0.25) is 0 Å². The molecule has 1 N–H and O–H groups in total. The van der Waals surface area contributed by atoms with Gasteiger partial charge in [0, 0.05) is 35.7 Å². The SMILES string of the molecule is Cc1cc(C(=O)N2C[C@H]3COCC[C@@]3(C(=O)O)C2)ccc1Br. The molecule has 1 aromatic carbocycles. The van der Waals surface area contributed by atoms with Crippen LogP contribution in [0.5, 0.6) is 0 Å². The lowest BCUT2D eigenvalue weighted by atomic mass is 9.74. The van der Waals surface area contributed by atoms with Gasteiger partial charge in [0.15, 0.2) is 0 Å². The van der Waals surface area contributed by atoms with Gasteiger partial charge in [0.05, 0.1) is 12.0 Å². The zero-order chi connectivity index (χ0) is 15.9. The van der Waals surface area contributed by atoms with Crippen molar-refractivity contribution in [2.24, 2.45) is 11.3 Å². The summed E-state index contributed by atoms with van der Waals surface area (Å²) in [6, 6.07) is 5.45. The molecule has 0 aromatic heterocycles. The summed E-state index contributed by atoms with van der Waals surface area (Å²) in [5.41, 5.74) is 0.734. The molecule has 2 heterocycles. The number of carboxylic acids is 1. The molecule has 2 saturated heterocycles. The fourth-order valence-corrected chi connectivity index (χ4v) is 3.66. The van der Waals surface area contributed by atoms with Gasteiger partial charge in [0.25, 0.3) is 5.91 Å². The zero-order valence-electron chi connectivity index (χ0n) is 12.3. The van der Waals surface area contributed by atoms with E-state index in [1.165, 1.54) is 0 Å². The van der Waals surface area contributed by atoms with Gasteiger partial charge in [-0.1, -0.05) is 15.9 Å². The van der Waals surface area contributed by atoms with Crippen LogP contribution in [0.1, 0.15) is 22.3 Å². The first kappa shape index (κ1) is 15.5. The molecule has 3 rings (SSSR count). The normalized spacial score (nSPS) is 27.5. The molecule has 2 atom stereocenters. The number of hydrogen-bond acceptors (Lipinski definition) is 3. The predicted molar refractivity (Wildman–Crippen MR) is 83.8 cm³/mol. The highest BCUT2D eigenvalue weighted by Crippen LogP contribution is 2.42. The van der Waals surface area contributed by atoms with Gasteiger partial charge in [-0.05, 0) is 37.1 Å². The van der Waals surface area contributed by atoms with Gasteiger partial charge in [-0.3, -0.25) is 9.59 Å². The van der Waals surface area contributed by atoms with Crippen molar-refractivity contribution >= 4 is 27.8 Å². The number of nitrogens with zero attached hydrogens (tertiary/aromatic N) is 1. The summed E-state index contributed by atoms with van der Waals surface area (Å²) in [6.07, 6.45) is 0.468. The highest BCUT2D eigenvalue weighted by Gasteiger charge is 2.54. The molecule has 2 fully saturated rings. The summed E-state index contributed by atoms with van der Waals surface area (Å²) in [7, 11) is 0. The van der Waals surface area contributed by atoms with E-state index in [0.717, 1.165) is 10.0 Å². The van der Waals surface area contributed by atoms with E-state index in [4.69, 9.17) is 4.74 Å². The summed E-state index contributed by atoms with van der Waals surface area (Å²) in [5, 5.41) is 9.65. The number of aryl methyl sites for hydroxylation is 1. The van der Waals surface area contributed by atoms with E-state index in [-0.39, 0.29) is 18.4 Å². The van der Waals surface area contributed by atoms with Gasteiger partial charge in [-0.25, -0.2) is 0 Å². The fourth-order valence-electron chi connectivity index (χ4n) is 3.41. The number of rotatable bonds is 2. The van der Waals surface area contributed by atoms with Gasteiger partial charge in [0.1, 0.15) is 0 Å². The standard InChI is InChI=1S/C16H18BrNO4/c1-10-6-11(2-3-13(10)17)14(19)18-7-12-8-22-5-4-16(12,9-18)15(20)21/h2-3,6,12H,4-5,7-9H2,1H3,(H,20,21)/t12-,16+/m0/s1. The first-order chi connectivity index (χ1) is 10.4. The summed E-state index contributed by atoms with van der Waals surface area (Å²) < 4.78 is 6.37.